The third-order valence-corrected chi connectivity index (χ3v) is 5.26. The predicted octanol–water partition coefficient (Wildman–Crippen LogP) is 1.49. The van der Waals surface area contributed by atoms with Gasteiger partial charge < -0.3 is 15.1 Å². The summed E-state index contributed by atoms with van der Waals surface area (Å²) < 4.78 is 30.0. The topological polar surface area (TPSA) is 128 Å². The number of nitrogens with one attached hydrogen (secondary N) is 2. The first-order valence-electron chi connectivity index (χ1n) is 9.64. The van der Waals surface area contributed by atoms with Crippen LogP contribution in [0.4, 0.5) is 0 Å². The van der Waals surface area contributed by atoms with Crippen molar-refractivity contribution >= 4 is 16.0 Å². The number of hydrogen-bond donors (Lipinski definition) is 3. The van der Waals surface area contributed by atoms with Gasteiger partial charge in [0, 0.05) is 38.4 Å². The molecule has 0 spiro atoms. The standard InChI is InChI=1S/C20H26N6O3S/c21-30(27,28)19-7-5-17(6-8-19)16-24-20(23-12-9-18-4-1-15-29-18)22-10-2-13-26-14-3-11-25-26/h1,3-8,11,14-15H,2,9-10,12-13,16H2,(H2,21,27,28)(H2,22,23,24). The zero-order chi connectivity index (χ0) is 21.2. The number of nitrogens with two attached hydrogens (primary N) is 1. The summed E-state index contributed by atoms with van der Waals surface area (Å²) in [5, 5.41) is 15.9. The van der Waals surface area contributed by atoms with E-state index in [1.165, 1.54) is 12.1 Å². The van der Waals surface area contributed by atoms with Crippen LogP contribution in [0.25, 0.3) is 0 Å². The quantitative estimate of drug-likeness (QED) is 0.254. The molecule has 10 heteroatoms. The van der Waals surface area contributed by atoms with Crippen molar-refractivity contribution in [1.29, 1.82) is 0 Å². The Hall–Kier alpha value is -3.11. The highest BCUT2D eigenvalue weighted by Gasteiger charge is 2.07. The van der Waals surface area contributed by atoms with Crippen molar-refractivity contribution in [2.24, 2.45) is 10.1 Å². The molecule has 0 radical (unpaired) electrons. The van der Waals surface area contributed by atoms with E-state index in [1.807, 2.05) is 29.1 Å². The van der Waals surface area contributed by atoms with Gasteiger partial charge >= 0.3 is 0 Å². The first-order chi connectivity index (χ1) is 14.5. The highest BCUT2D eigenvalue weighted by Crippen LogP contribution is 2.09. The van der Waals surface area contributed by atoms with Crippen LogP contribution >= 0.6 is 0 Å². The van der Waals surface area contributed by atoms with Gasteiger partial charge in [-0.1, -0.05) is 12.1 Å². The minimum Gasteiger partial charge on any atom is -0.469 e. The number of benzene rings is 1. The lowest BCUT2D eigenvalue weighted by Gasteiger charge is -2.12. The Morgan fingerprint density at radius 2 is 1.93 bits per heavy atom. The fourth-order valence-corrected chi connectivity index (χ4v) is 3.28. The molecule has 0 saturated carbocycles. The van der Waals surface area contributed by atoms with E-state index in [-0.39, 0.29) is 4.90 Å². The number of hydrogen-bond acceptors (Lipinski definition) is 5. The van der Waals surface area contributed by atoms with Crippen LogP contribution in [-0.2, 0) is 29.5 Å². The van der Waals surface area contributed by atoms with Crippen molar-refractivity contribution in [2.45, 2.75) is 30.8 Å². The van der Waals surface area contributed by atoms with E-state index in [0.717, 1.165) is 37.3 Å². The molecule has 0 aliphatic heterocycles. The van der Waals surface area contributed by atoms with Gasteiger partial charge in [-0.3, -0.25) is 4.68 Å². The van der Waals surface area contributed by atoms with Gasteiger partial charge in [0.15, 0.2) is 5.96 Å². The van der Waals surface area contributed by atoms with Crippen LogP contribution in [0.2, 0.25) is 0 Å². The second-order valence-electron chi connectivity index (χ2n) is 6.66. The molecule has 0 aliphatic rings. The fourth-order valence-electron chi connectivity index (χ4n) is 2.77. The molecular formula is C20H26N6O3S. The third-order valence-electron chi connectivity index (χ3n) is 4.33. The summed E-state index contributed by atoms with van der Waals surface area (Å²) in [6, 6.07) is 12.1. The molecule has 30 heavy (non-hydrogen) atoms. The Kier molecular flexibility index (Phi) is 7.63. The summed E-state index contributed by atoms with van der Waals surface area (Å²) in [5.41, 5.74) is 0.881. The van der Waals surface area contributed by atoms with Crippen molar-refractivity contribution in [2.75, 3.05) is 13.1 Å². The predicted molar refractivity (Wildman–Crippen MR) is 114 cm³/mol. The fraction of sp³-hybridized carbons (Fsp3) is 0.300. The molecule has 1 aromatic carbocycles. The van der Waals surface area contributed by atoms with Crippen LogP contribution < -0.4 is 15.8 Å². The lowest BCUT2D eigenvalue weighted by atomic mass is 10.2. The molecule has 0 amide bonds. The van der Waals surface area contributed by atoms with Crippen LogP contribution in [-0.4, -0.2) is 37.2 Å². The summed E-state index contributed by atoms with van der Waals surface area (Å²) in [6.45, 7) is 2.62. The zero-order valence-electron chi connectivity index (χ0n) is 16.6. The Morgan fingerprint density at radius 3 is 2.60 bits per heavy atom. The molecule has 0 unspecified atom stereocenters. The van der Waals surface area contributed by atoms with E-state index in [9.17, 15) is 8.42 Å². The Balaban J connectivity index is 1.55. The molecule has 2 heterocycles. The largest absolute Gasteiger partial charge is 0.469 e. The second-order valence-corrected chi connectivity index (χ2v) is 8.22. The first-order valence-corrected chi connectivity index (χ1v) is 11.2. The van der Waals surface area contributed by atoms with Crippen molar-refractivity contribution in [3.05, 3.63) is 72.4 Å². The van der Waals surface area contributed by atoms with Crippen LogP contribution in [0, 0.1) is 0 Å². The highest BCUT2D eigenvalue weighted by molar-refractivity contribution is 7.89. The maximum atomic E-state index is 11.4. The van der Waals surface area contributed by atoms with E-state index >= 15 is 0 Å². The van der Waals surface area contributed by atoms with Gasteiger partial charge in [0.25, 0.3) is 0 Å². The van der Waals surface area contributed by atoms with Gasteiger partial charge in [-0.25, -0.2) is 18.5 Å². The van der Waals surface area contributed by atoms with Gasteiger partial charge in [0.1, 0.15) is 5.76 Å². The van der Waals surface area contributed by atoms with Crippen molar-refractivity contribution in [1.82, 2.24) is 20.4 Å². The molecule has 9 nitrogen and oxygen atoms in total. The second kappa shape index (κ2) is 10.6. The molecule has 2 aromatic heterocycles. The number of furan rings is 1. The van der Waals surface area contributed by atoms with E-state index in [2.05, 4.69) is 20.7 Å². The maximum Gasteiger partial charge on any atom is 0.238 e. The van der Waals surface area contributed by atoms with Crippen LogP contribution in [0.3, 0.4) is 0 Å². The smallest absolute Gasteiger partial charge is 0.238 e. The summed E-state index contributed by atoms with van der Waals surface area (Å²) in [6.07, 6.45) is 6.98. The van der Waals surface area contributed by atoms with Gasteiger partial charge in [-0.2, -0.15) is 5.10 Å². The Morgan fingerprint density at radius 1 is 1.13 bits per heavy atom. The molecule has 0 saturated heterocycles. The van der Waals surface area contributed by atoms with Crippen molar-refractivity contribution in [3.63, 3.8) is 0 Å². The average molecular weight is 431 g/mol. The summed E-state index contributed by atoms with van der Waals surface area (Å²) in [5.74, 6) is 1.58. The average Bonchev–Trinajstić information content (AvgIpc) is 3.42. The molecule has 0 bridgehead atoms. The van der Waals surface area contributed by atoms with E-state index in [4.69, 9.17) is 9.56 Å². The number of aromatic nitrogens is 2. The molecule has 0 aliphatic carbocycles. The van der Waals surface area contributed by atoms with Gasteiger partial charge in [-0.05, 0) is 42.3 Å². The number of sulfonamides is 1. The molecule has 3 aromatic rings. The maximum absolute atomic E-state index is 11.4. The number of nitrogens with zero attached hydrogens (tertiary/aromatic N) is 3. The Bertz CT molecular complexity index is 1010. The molecule has 0 fully saturated rings. The monoisotopic (exact) mass is 430 g/mol. The Labute approximate surface area is 176 Å². The SMILES string of the molecule is NS(=O)(=O)c1ccc(CN=C(NCCCn2cccn2)NCCc2ccco2)cc1. The minimum absolute atomic E-state index is 0.0868. The summed E-state index contributed by atoms with van der Waals surface area (Å²) in [4.78, 5) is 4.69. The van der Waals surface area contributed by atoms with E-state index < -0.39 is 10.0 Å². The van der Waals surface area contributed by atoms with E-state index in [0.29, 0.717) is 19.0 Å². The van der Waals surface area contributed by atoms with Gasteiger partial charge in [0.2, 0.25) is 10.0 Å². The number of primary sulfonamides is 1. The summed E-state index contributed by atoms with van der Waals surface area (Å²) >= 11 is 0. The summed E-state index contributed by atoms with van der Waals surface area (Å²) in [7, 11) is -3.69. The first kappa shape index (κ1) is 21.6. The zero-order valence-corrected chi connectivity index (χ0v) is 17.4. The molecule has 4 N–H and O–H groups in total. The third kappa shape index (κ3) is 7.05. The van der Waals surface area contributed by atoms with Crippen LogP contribution in [0.1, 0.15) is 17.7 Å². The van der Waals surface area contributed by atoms with Gasteiger partial charge in [0.05, 0.1) is 17.7 Å². The van der Waals surface area contributed by atoms with Crippen molar-refractivity contribution < 1.29 is 12.8 Å². The number of aliphatic imine (C=N–C) groups is 1. The lowest BCUT2D eigenvalue weighted by Crippen LogP contribution is -2.39. The minimum atomic E-state index is -3.69. The normalized spacial score (nSPS) is 12.1. The molecular weight excluding hydrogens is 404 g/mol. The lowest BCUT2D eigenvalue weighted by molar-refractivity contribution is 0.506. The highest BCUT2D eigenvalue weighted by atomic mass is 32.2. The van der Waals surface area contributed by atoms with Crippen LogP contribution in [0.5, 0.6) is 0 Å². The number of rotatable bonds is 10. The van der Waals surface area contributed by atoms with Gasteiger partial charge in [-0.15, -0.1) is 0 Å². The number of guanidine groups is 1. The molecule has 3 rings (SSSR count). The molecule has 160 valence electrons. The molecule has 0 atom stereocenters. The van der Waals surface area contributed by atoms with Crippen molar-refractivity contribution in [3.8, 4) is 0 Å². The van der Waals surface area contributed by atoms with Crippen LogP contribution in [0.15, 0.2) is 75.4 Å². The number of aryl methyl sites for hydroxylation is 1. The van der Waals surface area contributed by atoms with E-state index in [1.54, 1.807) is 24.6 Å².